The number of furan rings is 1. The zero-order valence-electron chi connectivity index (χ0n) is 20.5. The Kier molecular flexibility index (Phi) is 6.35. The maximum Gasteiger partial charge on any atom is 0.174 e. The number of rotatable bonds is 6. The van der Waals surface area contributed by atoms with Crippen LogP contribution in [0, 0.1) is 12.7 Å². The number of nitrogens with zero attached hydrogens (tertiary/aromatic N) is 2. The Morgan fingerprint density at radius 3 is 2.39 bits per heavy atom. The molecule has 0 radical (unpaired) electrons. The molecule has 188 valence electrons. The zero-order chi connectivity index (χ0) is 26.1. The summed E-state index contributed by atoms with van der Waals surface area (Å²) < 4.78 is 25.9. The maximum absolute atomic E-state index is 13.5. The molecule has 2 aromatic heterocycles. The molecule has 3 heterocycles. The molecule has 6 rings (SSSR count). The van der Waals surface area contributed by atoms with Gasteiger partial charge in [0.25, 0.3) is 0 Å². The molecular formula is C31H24FN3O2S. The van der Waals surface area contributed by atoms with Crippen molar-refractivity contribution in [2.75, 3.05) is 4.90 Å². The van der Waals surface area contributed by atoms with Crippen LogP contribution in [0.3, 0.4) is 0 Å². The van der Waals surface area contributed by atoms with E-state index >= 15 is 0 Å². The van der Waals surface area contributed by atoms with Gasteiger partial charge in [0.15, 0.2) is 5.11 Å². The molecule has 1 aliphatic heterocycles. The summed E-state index contributed by atoms with van der Waals surface area (Å²) in [6.07, 6.45) is 1.77. The number of para-hydroxylation sites is 1. The second kappa shape index (κ2) is 10.1. The first-order valence-electron chi connectivity index (χ1n) is 12.3. The van der Waals surface area contributed by atoms with Gasteiger partial charge >= 0.3 is 0 Å². The second-order valence-corrected chi connectivity index (χ2v) is 9.45. The Bertz CT molecular complexity index is 1570. The number of thiocarbonyl (C=S) groups is 1. The average molecular weight is 522 g/mol. The molecule has 0 saturated carbocycles. The molecule has 0 aliphatic carbocycles. The first-order chi connectivity index (χ1) is 18.6. The van der Waals surface area contributed by atoms with Crippen LogP contribution in [0.2, 0.25) is 0 Å². The third-order valence-corrected chi connectivity index (χ3v) is 6.90. The normalized spacial score (nSPS) is 16.9. The summed E-state index contributed by atoms with van der Waals surface area (Å²) in [6, 6.07) is 31.1. The molecular weight excluding hydrogens is 497 g/mol. The second-order valence-electron chi connectivity index (χ2n) is 9.07. The molecule has 7 heteroatoms. The molecule has 1 fully saturated rings. The van der Waals surface area contributed by atoms with E-state index in [1.54, 1.807) is 18.3 Å². The smallest absolute Gasteiger partial charge is 0.174 e. The van der Waals surface area contributed by atoms with Crippen molar-refractivity contribution in [2.45, 2.75) is 19.0 Å². The van der Waals surface area contributed by atoms with Crippen LogP contribution in [0.25, 0.3) is 11.3 Å². The molecule has 0 bridgehead atoms. The number of pyridine rings is 1. The van der Waals surface area contributed by atoms with E-state index in [1.807, 2.05) is 90.7 Å². The van der Waals surface area contributed by atoms with Crippen LogP contribution >= 0.6 is 12.2 Å². The summed E-state index contributed by atoms with van der Waals surface area (Å²) >= 11 is 5.82. The highest BCUT2D eigenvalue weighted by atomic mass is 32.1. The minimum absolute atomic E-state index is 0.237. The van der Waals surface area contributed by atoms with Crippen LogP contribution in [0.4, 0.5) is 10.1 Å². The molecule has 3 aromatic carbocycles. The summed E-state index contributed by atoms with van der Waals surface area (Å²) in [5.74, 6) is 2.63. The van der Waals surface area contributed by atoms with Crippen LogP contribution < -0.4 is 15.0 Å². The van der Waals surface area contributed by atoms with E-state index in [0.717, 1.165) is 34.0 Å². The van der Waals surface area contributed by atoms with E-state index in [-0.39, 0.29) is 17.9 Å². The van der Waals surface area contributed by atoms with E-state index in [1.165, 1.54) is 12.1 Å². The molecule has 1 aliphatic rings. The van der Waals surface area contributed by atoms with Crippen molar-refractivity contribution in [3.05, 3.63) is 132 Å². The molecule has 0 spiro atoms. The van der Waals surface area contributed by atoms with Gasteiger partial charge in [-0.2, -0.15) is 0 Å². The van der Waals surface area contributed by atoms with Gasteiger partial charge < -0.3 is 19.4 Å². The van der Waals surface area contributed by atoms with Gasteiger partial charge in [0.1, 0.15) is 34.9 Å². The van der Waals surface area contributed by atoms with Gasteiger partial charge in [-0.15, -0.1) is 0 Å². The Balaban J connectivity index is 1.35. The van der Waals surface area contributed by atoms with E-state index in [9.17, 15) is 4.39 Å². The van der Waals surface area contributed by atoms with Crippen LogP contribution in [-0.4, -0.2) is 10.1 Å². The number of hydrogen-bond donors (Lipinski definition) is 1. The number of hydrogen-bond acceptors (Lipinski definition) is 4. The fourth-order valence-corrected chi connectivity index (χ4v) is 5.02. The topological polar surface area (TPSA) is 50.5 Å². The number of ether oxygens (including phenoxy) is 1. The van der Waals surface area contributed by atoms with Crippen LogP contribution in [-0.2, 0) is 0 Å². The Morgan fingerprint density at radius 1 is 0.895 bits per heavy atom. The van der Waals surface area contributed by atoms with E-state index in [2.05, 4.69) is 10.3 Å². The zero-order valence-corrected chi connectivity index (χ0v) is 21.4. The number of anilines is 1. The highest BCUT2D eigenvalue weighted by Gasteiger charge is 2.42. The van der Waals surface area contributed by atoms with E-state index < -0.39 is 0 Å². The lowest BCUT2D eigenvalue weighted by Gasteiger charge is -2.26. The van der Waals surface area contributed by atoms with Crippen LogP contribution in [0.5, 0.6) is 11.5 Å². The number of nitrogens with one attached hydrogen (secondary N) is 1. The van der Waals surface area contributed by atoms with Crippen molar-refractivity contribution in [1.29, 1.82) is 0 Å². The molecule has 1 saturated heterocycles. The predicted molar refractivity (Wildman–Crippen MR) is 150 cm³/mol. The van der Waals surface area contributed by atoms with Gasteiger partial charge in [0.05, 0.1) is 11.7 Å². The maximum atomic E-state index is 13.5. The van der Waals surface area contributed by atoms with Crippen molar-refractivity contribution < 1.29 is 13.5 Å². The first kappa shape index (κ1) is 23.9. The molecule has 5 aromatic rings. The lowest BCUT2D eigenvalue weighted by molar-refractivity contribution is 0.439. The Hall–Kier alpha value is -4.49. The third-order valence-electron chi connectivity index (χ3n) is 6.58. The summed E-state index contributed by atoms with van der Waals surface area (Å²) in [7, 11) is 0. The van der Waals surface area contributed by atoms with E-state index in [0.29, 0.717) is 16.6 Å². The minimum Gasteiger partial charge on any atom is -0.459 e. The quantitative estimate of drug-likeness (QED) is 0.231. The summed E-state index contributed by atoms with van der Waals surface area (Å²) in [5.41, 5.74) is 3.60. The van der Waals surface area contributed by atoms with Gasteiger partial charge in [-0.05, 0) is 104 Å². The van der Waals surface area contributed by atoms with Gasteiger partial charge in [0, 0.05) is 17.4 Å². The highest BCUT2D eigenvalue weighted by molar-refractivity contribution is 7.80. The van der Waals surface area contributed by atoms with Gasteiger partial charge in [-0.3, -0.25) is 4.98 Å². The van der Waals surface area contributed by atoms with Crippen molar-refractivity contribution in [2.24, 2.45) is 0 Å². The van der Waals surface area contributed by atoms with Crippen LogP contribution in [0.15, 0.2) is 114 Å². The standard InChI is InChI=1S/C31H24FN3O2S/c1-20-6-2-3-8-26(20)36-24-15-13-23(14-16-24)35-30(29(34-31(35)38)25-7-4-5-19-33-25)28-18-17-27(37-28)21-9-11-22(32)12-10-21/h2-19,29-30H,1H3,(H,34,38)/t29-,30-/m0/s1. The molecule has 1 N–H and O–H groups in total. The lowest BCUT2D eigenvalue weighted by atomic mass is 10.0. The van der Waals surface area contributed by atoms with Crippen molar-refractivity contribution in [3.8, 4) is 22.8 Å². The SMILES string of the molecule is Cc1ccccc1Oc1ccc(N2C(=S)N[C@@H](c3ccccn3)[C@@H]2c2ccc(-c3ccc(F)cc3)o2)cc1. The molecule has 0 unspecified atom stereocenters. The molecule has 5 nitrogen and oxygen atoms in total. The third kappa shape index (κ3) is 4.64. The molecule has 38 heavy (non-hydrogen) atoms. The Labute approximate surface area is 225 Å². The fraction of sp³-hybridized carbons (Fsp3) is 0.0968. The lowest BCUT2D eigenvalue weighted by Crippen LogP contribution is -2.29. The number of halogens is 1. The largest absolute Gasteiger partial charge is 0.459 e. The minimum atomic E-state index is -0.297. The van der Waals surface area contributed by atoms with Crippen molar-refractivity contribution >= 4 is 23.0 Å². The fourth-order valence-electron chi connectivity index (χ4n) is 4.68. The van der Waals surface area contributed by atoms with Crippen LogP contribution in [0.1, 0.15) is 29.1 Å². The summed E-state index contributed by atoms with van der Waals surface area (Å²) in [6.45, 7) is 2.02. The summed E-state index contributed by atoms with van der Waals surface area (Å²) in [4.78, 5) is 6.63. The number of aromatic nitrogens is 1. The molecule has 0 amide bonds. The average Bonchev–Trinajstić information content (AvgIpc) is 3.56. The predicted octanol–water partition coefficient (Wildman–Crippen LogP) is 7.76. The van der Waals surface area contributed by atoms with Crippen molar-refractivity contribution in [3.63, 3.8) is 0 Å². The number of aryl methyl sites for hydroxylation is 1. The van der Waals surface area contributed by atoms with Gasteiger partial charge in [-0.25, -0.2) is 4.39 Å². The number of benzene rings is 3. The Morgan fingerprint density at radius 2 is 1.66 bits per heavy atom. The van der Waals surface area contributed by atoms with Crippen molar-refractivity contribution in [1.82, 2.24) is 10.3 Å². The summed E-state index contributed by atoms with van der Waals surface area (Å²) in [5, 5.41) is 4.01. The van der Waals surface area contributed by atoms with E-state index in [4.69, 9.17) is 21.4 Å². The first-order valence-corrected chi connectivity index (χ1v) is 12.7. The highest BCUT2D eigenvalue weighted by Crippen LogP contribution is 2.43. The van der Waals surface area contributed by atoms with Gasteiger partial charge in [0.2, 0.25) is 0 Å². The molecule has 2 atom stereocenters. The monoisotopic (exact) mass is 521 g/mol. The van der Waals surface area contributed by atoms with Gasteiger partial charge in [-0.1, -0.05) is 24.3 Å².